The van der Waals surface area contributed by atoms with Crippen LogP contribution in [0.4, 0.5) is 0 Å². The Labute approximate surface area is 103 Å². The summed E-state index contributed by atoms with van der Waals surface area (Å²) in [7, 11) is 0. The van der Waals surface area contributed by atoms with Crippen LogP contribution in [0, 0.1) is 0 Å². The molecule has 0 saturated heterocycles. The molecule has 9 nitrogen and oxygen atoms in total. The smallest absolute Gasteiger partial charge is 0.335 e. The maximum absolute atomic E-state index is 10.1. The van der Waals surface area contributed by atoms with Crippen LogP contribution in [-0.4, -0.2) is 78.7 Å². The molecule has 0 fully saturated rings. The van der Waals surface area contributed by atoms with Crippen LogP contribution in [0.3, 0.4) is 0 Å². The first kappa shape index (κ1) is 19.1. The highest BCUT2D eigenvalue weighted by Crippen LogP contribution is 2.04. The molecule has 0 aliphatic carbocycles. The Bertz CT molecular complexity index is 254. The Hall–Kier alpha value is -1.26. The predicted molar refractivity (Wildman–Crippen MR) is 56.7 cm³/mol. The molecule has 0 bridgehead atoms. The molecule has 0 rings (SSSR count). The fourth-order valence-electron chi connectivity index (χ4n) is 0.668. The van der Waals surface area contributed by atoms with E-state index in [1.54, 1.807) is 6.92 Å². The van der Waals surface area contributed by atoms with Crippen molar-refractivity contribution < 1.29 is 45.3 Å². The minimum Gasteiger partial charge on any atom is -0.481 e. The lowest BCUT2D eigenvalue weighted by atomic mass is 10.0. The van der Waals surface area contributed by atoms with E-state index in [1.807, 2.05) is 0 Å². The van der Waals surface area contributed by atoms with E-state index in [-0.39, 0.29) is 6.42 Å². The zero-order valence-corrected chi connectivity index (χ0v) is 9.67. The van der Waals surface area contributed by atoms with Crippen molar-refractivity contribution in [3.63, 3.8) is 0 Å². The van der Waals surface area contributed by atoms with Crippen molar-refractivity contribution >= 4 is 11.9 Å². The summed E-state index contributed by atoms with van der Waals surface area (Å²) in [6.45, 7) is 0.757. The van der Waals surface area contributed by atoms with Gasteiger partial charge in [-0.2, -0.15) is 0 Å². The molecular weight excluding hydrogens is 252 g/mol. The fourth-order valence-corrected chi connectivity index (χ4v) is 0.668. The molecule has 0 aliphatic rings. The fraction of sp³-hybridized carbons (Fsp3) is 0.778. The van der Waals surface area contributed by atoms with E-state index in [0.717, 1.165) is 0 Å². The van der Waals surface area contributed by atoms with Gasteiger partial charge in [-0.1, -0.05) is 6.92 Å². The van der Waals surface area contributed by atoms with Gasteiger partial charge in [-0.05, 0) is 0 Å². The second-order valence-corrected chi connectivity index (χ2v) is 3.26. The second kappa shape index (κ2) is 9.74. The van der Waals surface area contributed by atoms with Gasteiger partial charge < -0.3 is 35.7 Å². The number of carbonyl (C=O) groups is 2. The van der Waals surface area contributed by atoms with Crippen LogP contribution in [0.2, 0.25) is 0 Å². The molecule has 0 heterocycles. The molecule has 0 aromatic rings. The van der Waals surface area contributed by atoms with Crippen molar-refractivity contribution in [3.8, 4) is 0 Å². The van der Waals surface area contributed by atoms with E-state index in [9.17, 15) is 9.59 Å². The molecule has 0 unspecified atom stereocenters. The molecule has 0 aliphatic heterocycles. The number of hydrogen-bond acceptors (Lipinski definition) is 7. The number of aliphatic carboxylic acids is 2. The lowest BCUT2D eigenvalue weighted by Gasteiger charge is -2.23. The topological polar surface area (TPSA) is 176 Å². The minimum absolute atomic E-state index is 0.222. The largest absolute Gasteiger partial charge is 0.481 e. The van der Waals surface area contributed by atoms with Crippen molar-refractivity contribution in [2.24, 2.45) is 0 Å². The first-order valence-corrected chi connectivity index (χ1v) is 4.96. The summed E-state index contributed by atoms with van der Waals surface area (Å²) < 4.78 is 0. The van der Waals surface area contributed by atoms with Gasteiger partial charge in [0.15, 0.2) is 6.10 Å². The van der Waals surface area contributed by atoms with Gasteiger partial charge in [-0.3, -0.25) is 4.79 Å². The molecule has 0 radical (unpaired) electrons. The number of carboxylic acids is 2. The highest BCUT2D eigenvalue weighted by molar-refractivity contribution is 5.72. The molecule has 0 aromatic carbocycles. The molecule has 0 aromatic heterocycles. The summed E-state index contributed by atoms with van der Waals surface area (Å²) >= 11 is 0. The van der Waals surface area contributed by atoms with Crippen molar-refractivity contribution in [3.05, 3.63) is 0 Å². The Morgan fingerprint density at radius 2 is 1.39 bits per heavy atom. The van der Waals surface area contributed by atoms with E-state index < -0.39 is 43.0 Å². The van der Waals surface area contributed by atoms with Crippen molar-refractivity contribution in [1.29, 1.82) is 0 Å². The quantitative estimate of drug-likeness (QED) is 0.265. The van der Waals surface area contributed by atoms with Crippen LogP contribution in [0.15, 0.2) is 0 Å². The van der Waals surface area contributed by atoms with Gasteiger partial charge in [0.2, 0.25) is 0 Å². The van der Waals surface area contributed by atoms with E-state index in [1.165, 1.54) is 0 Å². The lowest BCUT2D eigenvalue weighted by Crippen LogP contribution is -2.48. The van der Waals surface area contributed by atoms with E-state index in [2.05, 4.69) is 0 Å². The third-order valence-electron chi connectivity index (χ3n) is 1.81. The number of aliphatic hydroxyl groups is 5. The van der Waals surface area contributed by atoms with Gasteiger partial charge in [-0.15, -0.1) is 0 Å². The molecular formula is C9H18O9. The highest BCUT2D eigenvalue weighted by atomic mass is 16.4. The van der Waals surface area contributed by atoms with Crippen LogP contribution in [0.5, 0.6) is 0 Å². The van der Waals surface area contributed by atoms with Gasteiger partial charge in [0.1, 0.15) is 18.3 Å². The predicted octanol–water partition coefficient (Wildman–Crippen LogP) is -3.01. The van der Waals surface area contributed by atoms with Crippen LogP contribution in [-0.2, 0) is 9.59 Å². The molecule has 0 saturated carbocycles. The number of aliphatic hydroxyl groups excluding tert-OH is 5. The van der Waals surface area contributed by atoms with Crippen molar-refractivity contribution in [2.45, 2.75) is 37.8 Å². The molecule has 9 heteroatoms. The summed E-state index contributed by atoms with van der Waals surface area (Å²) in [5.74, 6) is -2.47. The van der Waals surface area contributed by atoms with Crippen LogP contribution >= 0.6 is 0 Å². The third kappa shape index (κ3) is 7.92. The molecule has 7 N–H and O–H groups in total. The number of hydrogen-bond donors (Lipinski definition) is 7. The Kier molecular flexibility index (Phi) is 10.3. The van der Waals surface area contributed by atoms with Gasteiger partial charge in [0.25, 0.3) is 0 Å². The van der Waals surface area contributed by atoms with Gasteiger partial charge in [0, 0.05) is 6.42 Å². The van der Waals surface area contributed by atoms with Crippen LogP contribution in [0.1, 0.15) is 13.3 Å². The zero-order chi connectivity index (χ0) is 14.9. The Morgan fingerprint density at radius 3 is 1.61 bits per heavy atom. The maximum Gasteiger partial charge on any atom is 0.335 e. The average Bonchev–Trinajstić information content (AvgIpc) is 2.35. The first-order chi connectivity index (χ1) is 8.18. The molecule has 108 valence electrons. The molecule has 0 amide bonds. The van der Waals surface area contributed by atoms with Gasteiger partial charge >= 0.3 is 11.9 Å². The first-order valence-electron chi connectivity index (χ1n) is 4.96. The normalized spacial score (nSPS) is 16.8. The minimum atomic E-state index is -2.20. The summed E-state index contributed by atoms with van der Waals surface area (Å²) in [6.07, 6.45) is -7.61. The van der Waals surface area contributed by atoms with Gasteiger partial charge in [-0.25, -0.2) is 4.79 Å². The number of rotatable bonds is 6. The van der Waals surface area contributed by atoms with Crippen molar-refractivity contribution in [1.82, 2.24) is 0 Å². The molecule has 18 heavy (non-hydrogen) atoms. The third-order valence-corrected chi connectivity index (χ3v) is 1.81. The summed E-state index contributed by atoms with van der Waals surface area (Å²) in [4.78, 5) is 19.5. The monoisotopic (exact) mass is 270 g/mol. The van der Waals surface area contributed by atoms with E-state index in [0.29, 0.717) is 0 Å². The summed E-state index contributed by atoms with van der Waals surface area (Å²) in [5, 5.41) is 59.5. The lowest BCUT2D eigenvalue weighted by molar-refractivity contribution is -0.164. The maximum atomic E-state index is 10.1. The van der Waals surface area contributed by atoms with E-state index >= 15 is 0 Å². The van der Waals surface area contributed by atoms with Crippen LogP contribution < -0.4 is 0 Å². The number of carboxylic acid groups (broad SMARTS) is 2. The van der Waals surface area contributed by atoms with E-state index in [4.69, 9.17) is 35.7 Å². The SMILES string of the molecule is CCC(=O)O.O=C(O)[C@H](O)[C@@H](O)[C@H](O)[C@H](O)CO. The highest BCUT2D eigenvalue weighted by Gasteiger charge is 2.33. The molecule has 4 atom stereocenters. The second-order valence-electron chi connectivity index (χ2n) is 3.26. The summed E-state index contributed by atoms with van der Waals surface area (Å²) in [6, 6.07) is 0. The summed E-state index contributed by atoms with van der Waals surface area (Å²) in [5.41, 5.74) is 0. The molecule has 0 spiro atoms. The van der Waals surface area contributed by atoms with Crippen molar-refractivity contribution in [2.75, 3.05) is 6.61 Å². The Morgan fingerprint density at radius 1 is 1.00 bits per heavy atom. The zero-order valence-electron chi connectivity index (χ0n) is 9.67. The van der Waals surface area contributed by atoms with Gasteiger partial charge in [0.05, 0.1) is 6.61 Å². The average molecular weight is 270 g/mol. The standard InChI is InChI=1S/C6H12O7.C3H6O2/c7-1-2(8)3(9)4(10)5(11)6(12)13;1-2-3(4)5/h2-5,7-11H,1H2,(H,12,13);2H2,1H3,(H,4,5)/t2-,3-,4+,5-;/m1./s1. The Balaban J connectivity index is 0. The van der Waals surface area contributed by atoms with Crippen LogP contribution in [0.25, 0.3) is 0 Å².